The number of H-pyrrole nitrogens is 1. The van der Waals surface area contributed by atoms with Crippen molar-refractivity contribution in [3.8, 4) is 0 Å². The predicted octanol–water partition coefficient (Wildman–Crippen LogP) is 2.12. The molecular weight excluding hydrogens is 260 g/mol. The van der Waals surface area contributed by atoms with Gasteiger partial charge in [0, 0.05) is 29.5 Å². The number of nitro benzene ring substituents is 1. The van der Waals surface area contributed by atoms with E-state index in [2.05, 4.69) is 15.5 Å². The number of carbonyl (C=O) groups is 1. The fourth-order valence-corrected chi connectivity index (χ4v) is 1.82. The van der Waals surface area contributed by atoms with Crippen molar-refractivity contribution in [2.24, 2.45) is 0 Å². The van der Waals surface area contributed by atoms with Gasteiger partial charge in [-0.3, -0.25) is 20.0 Å². The minimum atomic E-state index is -0.518. The highest BCUT2D eigenvalue weighted by atomic mass is 16.6. The van der Waals surface area contributed by atoms with E-state index in [-0.39, 0.29) is 17.6 Å². The molecule has 20 heavy (non-hydrogen) atoms. The van der Waals surface area contributed by atoms with Crippen LogP contribution in [-0.2, 0) is 0 Å². The summed E-state index contributed by atoms with van der Waals surface area (Å²) in [4.78, 5) is 22.4. The summed E-state index contributed by atoms with van der Waals surface area (Å²) >= 11 is 0. The molecule has 1 aromatic carbocycles. The van der Waals surface area contributed by atoms with Gasteiger partial charge in [-0.1, -0.05) is 6.07 Å². The van der Waals surface area contributed by atoms with Gasteiger partial charge in [0.25, 0.3) is 11.6 Å². The Hall–Kier alpha value is -2.70. The van der Waals surface area contributed by atoms with Crippen molar-refractivity contribution < 1.29 is 9.72 Å². The summed E-state index contributed by atoms with van der Waals surface area (Å²) in [5.41, 5.74) is 1.72. The van der Waals surface area contributed by atoms with Crippen LogP contribution in [0.1, 0.15) is 34.5 Å². The van der Waals surface area contributed by atoms with Crippen molar-refractivity contribution in [2.45, 2.75) is 19.9 Å². The number of aromatic amines is 1. The predicted molar refractivity (Wildman–Crippen MR) is 72.3 cm³/mol. The summed E-state index contributed by atoms with van der Waals surface area (Å²) in [5.74, 6) is -0.347. The van der Waals surface area contributed by atoms with E-state index >= 15 is 0 Å². The molecule has 1 atom stereocenters. The van der Waals surface area contributed by atoms with Gasteiger partial charge in [0.05, 0.1) is 17.2 Å². The molecular formula is C13H14N4O3. The van der Waals surface area contributed by atoms with Gasteiger partial charge in [-0.15, -0.1) is 0 Å². The lowest BCUT2D eigenvalue weighted by Gasteiger charge is -2.13. The number of hydrogen-bond donors (Lipinski definition) is 2. The average molecular weight is 274 g/mol. The van der Waals surface area contributed by atoms with Gasteiger partial charge >= 0.3 is 0 Å². The smallest absolute Gasteiger partial charge is 0.270 e. The van der Waals surface area contributed by atoms with Crippen LogP contribution in [0.25, 0.3) is 0 Å². The average Bonchev–Trinajstić information content (AvgIpc) is 2.92. The second-order valence-corrected chi connectivity index (χ2v) is 4.48. The molecule has 0 spiro atoms. The number of aromatic nitrogens is 2. The Morgan fingerprint density at radius 1 is 1.50 bits per heavy atom. The molecule has 0 fully saturated rings. The summed E-state index contributed by atoms with van der Waals surface area (Å²) in [6, 6.07) is 3.99. The Morgan fingerprint density at radius 2 is 2.25 bits per heavy atom. The largest absolute Gasteiger partial charge is 0.345 e. The first-order valence-corrected chi connectivity index (χ1v) is 6.03. The van der Waals surface area contributed by atoms with E-state index < -0.39 is 4.92 Å². The molecule has 7 nitrogen and oxygen atoms in total. The fraction of sp³-hybridized carbons (Fsp3) is 0.231. The SMILES string of the molecule is Cc1ccc([N+](=O)[O-])cc1C(=O)NC(C)c1cn[nH]c1. The van der Waals surface area contributed by atoms with Crippen LogP contribution >= 0.6 is 0 Å². The number of aryl methyl sites for hydroxylation is 1. The van der Waals surface area contributed by atoms with E-state index in [1.54, 1.807) is 25.4 Å². The second-order valence-electron chi connectivity index (χ2n) is 4.48. The molecule has 0 aliphatic carbocycles. The molecule has 2 aromatic rings. The number of non-ortho nitro benzene ring substituents is 1. The second kappa shape index (κ2) is 5.52. The number of nitro groups is 1. The van der Waals surface area contributed by atoms with Gasteiger partial charge in [-0.25, -0.2) is 0 Å². The van der Waals surface area contributed by atoms with Crippen LogP contribution in [0, 0.1) is 17.0 Å². The molecule has 0 radical (unpaired) electrons. The summed E-state index contributed by atoms with van der Waals surface area (Å²) in [5, 5.41) is 20.0. The highest BCUT2D eigenvalue weighted by molar-refractivity contribution is 5.96. The minimum absolute atomic E-state index is 0.100. The lowest BCUT2D eigenvalue weighted by molar-refractivity contribution is -0.384. The van der Waals surface area contributed by atoms with Crippen LogP contribution in [0.4, 0.5) is 5.69 Å². The van der Waals surface area contributed by atoms with Crippen LogP contribution < -0.4 is 5.32 Å². The van der Waals surface area contributed by atoms with Gasteiger partial charge in [-0.2, -0.15) is 5.10 Å². The van der Waals surface area contributed by atoms with Crippen molar-refractivity contribution in [1.29, 1.82) is 0 Å². The van der Waals surface area contributed by atoms with Crippen molar-refractivity contribution in [3.05, 3.63) is 57.4 Å². The van der Waals surface area contributed by atoms with E-state index in [1.807, 2.05) is 6.92 Å². The summed E-state index contributed by atoms with van der Waals surface area (Å²) in [6.07, 6.45) is 3.30. The molecule has 2 N–H and O–H groups in total. The minimum Gasteiger partial charge on any atom is -0.345 e. The highest BCUT2D eigenvalue weighted by Crippen LogP contribution is 2.18. The number of nitrogens with one attached hydrogen (secondary N) is 2. The molecule has 0 bridgehead atoms. The lowest BCUT2D eigenvalue weighted by atomic mass is 10.1. The molecule has 1 aromatic heterocycles. The maximum atomic E-state index is 12.2. The third-order valence-electron chi connectivity index (χ3n) is 3.04. The van der Waals surface area contributed by atoms with E-state index in [0.717, 1.165) is 5.56 Å². The number of hydrogen-bond acceptors (Lipinski definition) is 4. The Labute approximate surface area is 115 Å². The zero-order valence-corrected chi connectivity index (χ0v) is 11.1. The molecule has 0 aliphatic heterocycles. The number of rotatable bonds is 4. The number of nitrogens with zero attached hydrogens (tertiary/aromatic N) is 2. The Morgan fingerprint density at radius 3 is 2.85 bits per heavy atom. The molecule has 1 heterocycles. The maximum Gasteiger partial charge on any atom is 0.270 e. The van der Waals surface area contributed by atoms with Crippen molar-refractivity contribution in [3.63, 3.8) is 0 Å². The van der Waals surface area contributed by atoms with Crippen molar-refractivity contribution in [2.75, 3.05) is 0 Å². The molecule has 0 saturated heterocycles. The maximum absolute atomic E-state index is 12.2. The van der Waals surface area contributed by atoms with Gasteiger partial charge < -0.3 is 5.32 Å². The molecule has 1 amide bonds. The number of amides is 1. The third kappa shape index (κ3) is 2.82. The summed E-state index contributed by atoms with van der Waals surface area (Å²) < 4.78 is 0. The Bertz CT molecular complexity index is 637. The van der Waals surface area contributed by atoms with Crippen LogP contribution in [0.5, 0.6) is 0 Å². The topological polar surface area (TPSA) is 101 Å². The van der Waals surface area contributed by atoms with Crippen LogP contribution in [0.15, 0.2) is 30.6 Å². The summed E-state index contributed by atoms with van der Waals surface area (Å²) in [7, 11) is 0. The molecule has 0 saturated carbocycles. The van der Waals surface area contributed by atoms with Gasteiger partial charge in [0.15, 0.2) is 0 Å². The molecule has 2 rings (SSSR count). The van der Waals surface area contributed by atoms with E-state index in [4.69, 9.17) is 0 Å². The van der Waals surface area contributed by atoms with E-state index in [9.17, 15) is 14.9 Å². The van der Waals surface area contributed by atoms with Crippen molar-refractivity contribution in [1.82, 2.24) is 15.5 Å². The standard InChI is InChI=1S/C13H14N4O3/c1-8-3-4-11(17(19)20)5-12(8)13(18)16-9(2)10-6-14-15-7-10/h3-7,9H,1-2H3,(H,14,15)(H,16,18). The van der Waals surface area contributed by atoms with Crippen molar-refractivity contribution >= 4 is 11.6 Å². The zero-order chi connectivity index (χ0) is 14.7. The monoisotopic (exact) mass is 274 g/mol. The normalized spacial score (nSPS) is 11.9. The van der Waals surface area contributed by atoms with Crippen LogP contribution in [0.2, 0.25) is 0 Å². The van der Waals surface area contributed by atoms with E-state index in [0.29, 0.717) is 11.1 Å². The lowest BCUT2D eigenvalue weighted by Crippen LogP contribution is -2.27. The van der Waals surface area contributed by atoms with Crippen LogP contribution in [-0.4, -0.2) is 21.0 Å². The Balaban J connectivity index is 2.20. The fourth-order valence-electron chi connectivity index (χ4n) is 1.82. The van der Waals surface area contributed by atoms with Gasteiger partial charge in [0.1, 0.15) is 0 Å². The third-order valence-corrected chi connectivity index (χ3v) is 3.04. The van der Waals surface area contributed by atoms with E-state index in [1.165, 1.54) is 12.1 Å². The molecule has 1 unspecified atom stereocenters. The van der Waals surface area contributed by atoms with Crippen LogP contribution in [0.3, 0.4) is 0 Å². The highest BCUT2D eigenvalue weighted by Gasteiger charge is 2.17. The first-order valence-electron chi connectivity index (χ1n) is 6.03. The van der Waals surface area contributed by atoms with Gasteiger partial charge in [0.2, 0.25) is 0 Å². The number of carbonyl (C=O) groups excluding carboxylic acids is 1. The van der Waals surface area contributed by atoms with Gasteiger partial charge in [-0.05, 0) is 19.4 Å². The number of benzene rings is 1. The zero-order valence-electron chi connectivity index (χ0n) is 11.1. The Kier molecular flexibility index (Phi) is 3.79. The molecule has 0 aliphatic rings. The molecule has 7 heteroatoms. The first kappa shape index (κ1) is 13.7. The quantitative estimate of drug-likeness (QED) is 0.658. The first-order chi connectivity index (χ1) is 9.49. The molecule has 104 valence electrons. The summed E-state index contributed by atoms with van der Waals surface area (Å²) in [6.45, 7) is 3.55.